The topological polar surface area (TPSA) is 110 Å². The highest BCUT2D eigenvalue weighted by atomic mass is 32.2. The van der Waals surface area contributed by atoms with Gasteiger partial charge in [-0.15, -0.1) is 5.10 Å². The Morgan fingerprint density at radius 2 is 1.68 bits per heavy atom. The van der Waals surface area contributed by atoms with Gasteiger partial charge >= 0.3 is 5.69 Å². The van der Waals surface area contributed by atoms with Crippen molar-refractivity contribution in [3.8, 4) is 0 Å². The van der Waals surface area contributed by atoms with Crippen LogP contribution < -0.4 is 16.1 Å². The molecular weight excluding hydrogens is 384 g/mol. The van der Waals surface area contributed by atoms with Crippen LogP contribution >= 0.6 is 0 Å². The van der Waals surface area contributed by atoms with E-state index in [2.05, 4.69) is 10.2 Å². The number of anilines is 1. The zero-order valence-electron chi connectivity index (χ0n) is 15.8. The van der Waals surface area contributed by atoms with Crippen molar-refractivity contribution in [2.24, 2.45) is 14.1 Å². The van der Waals surface area contributed by atoms with Crippen LogP contribution in [0.1, 0.15) is 24.5 Å². The molecule has 0 radical (unpaired) electrons. The molecule has 150 valence electrons. The van der Waals surface area contributed by atoms with Gasteiger partial charge in [0.1, 0.15) is 0 Å². The van der Waals surface area contributed by atoms with E-state index in [0.29, 0.717) is 19.0 Å². The van der Waals surface area contributed by atoms with Crippen LogP contribution in [0.25, 0.3) is 0 Å². The molecule has 2 aromatic rings. The van der Waals surface area contributed by atoms with Crippen LogP contribution in [0.3, 0.4) is 0 Å². The highest BCUT2D eigenvalue weighted by Crippen LogP contribution is 2.38. The van der Waals surface area contributed by atoms with Gasteiger partial charge in [-0.1, -0.05) is 0 Å². The fourth-order valence-corrected chi connectivity index (χ4v) is 4.92. The zero-order valence-corrected chi connectivity index (χ0v) is 16.6. The summed E-state index contributed by atoms with van der Waals surface area (Å²) in [4.78, 5) is 25.7. The Kier molecular flexibility index (Phi) is 4.58. The monoisotopic (exact) mass is 406 g/mol. The van der Waals surface area contributed by atoms with E-state index in [9.17, 15) is 18.0 Å². The van der Waals surface area contributed by atoms with Crippen molar-refractivity contribution in [3.05, 3.63) is 44.9 Å². The minimum absolute atomic E-state index is 0.223. The van der Waals surface area contributed by atoms with Crippen molar-refractivity contribution in [2.75, 3.05) is 31.1 Å². The van der Waals surface area contributed by atoms with E-state index < -0.39 is 21.3 Å². The molecule has 0 aromatic carbocycles. The minimum atomic E-state index is -3.99. The molecule has 10 nitrogen and oxygen atoms in total. The molecule has 0 bridgehead atoms. The fraction of sp³-hybridized carbons (Fsp3) is 0.529. The molecular formula is C17H22N6O4S. The normalized spacial score (nSPS) is 18.4. The van der Waals surface area contributed by atoms with Gasteiger partial charge in [-0.3, -0.25) is 9.36 Å². The quantitative estimate of drug-likeness (QED) is 0.658. The summed E-state index contributed by atoms with van der Waals surface area (Å²) < 4.78 is 29.1. The highest BCUT2D eigenvalue weighted by Gasteiger charge is 2.32. The lowest BCUT2D eigenvalue weighted by Gasteiger charge is -2.34. The molecule has 4 rings (SSSR count). The third-order valence-corrected chi connectivity index (χ3v) is 7.14. The summed E-state index contributed by atoms with van der Waals surface area (Å²) in [5.74, 6) is 1.26. The number of hydrogen-bond acceptors (Lipinski definition) is 7. The van der Waals surface area contributed by atoms with Gasteiger partial charge in [0.05, 0.1) is 5.69 Å². The molecule has 0 N–H and O–H groups in total. The second-order valence-electron chi connectivity index (χ2n) is 7.23. The van der Waals surface area contributed by atoms with E-state index in [-0.39, 0.29) is 18.0 Å². The van der Waals surface area contributed by atoms with Crippen molar-refractivity contribution in [3.63, 3.8) is 0 Å². The molecule has 1 saturated carbocycles. The predicted molar refractivity (Wildman–Crippen MR) is 102 cm³/mol. The van der Waals surface area contributed by atoms with Gasteiger partial charge in [0.25, 0.3) is 5.56 Å². The predicted octanol–water partition coefficient (Wildman–Crippen LogP) is -0.738. The second kappa shape index (κ2) is 6.82. The molecule has 28 heavy (non-hydrogen) atoms. The molecule has 0 unspecified atom stereocenters. The molecule has 0 spiro atoms. The van der Waals surface area contributed by atoms with Gasteiger partial charge in [-0.2, -0.15) is 9.40 Å². The first-order chi connectivity index (χ1) is 13.3. The molecule has 2 fully saturated rings. The number of sulfonamides is 1. The Morgan fingerprint density at radius 3 is 2.25 bits per heavy atom. The zero-order chi connectivity index (χ0) is 20.1. The molecule has 1 saturated heterocycles. The molecule has 11 heteroatoms. The highest BCUT2D eigenvalue weighted by molar-refractivity contribution is 7.89. The number of piperazine rings is 1. The molecule has 2 aliphatic rings. The van der Waals surface area contributed by atoms with Crippen LogP contribution in [0.2, 0.25) is 0 Å². The van der Waals surface area contributed by atoms with Crippen molar-refractivity contribution >= 4 is 15.8 Å². The maximum atomic E-state index is 12.9. The fourth-order valence-electron chi connectivity index (χ4n) is 3.35. The molecule has 2 aromatic heterocycles. The van der Waals surface area contributed by atoms with Gasteiger partial charge in [0.15, 0.2) is 10.7 Å². The molecule has 0 atom stereocenters. The Bertz CT molecular complexity index is 1110. The Labute approximate surface area is 162 Å². The Hall–Kier alpha value is -2.53. The first kappa shape index (κ1) is 18.8. The molecule has 0 amide bonds. The van der Waals surface area contributed by atoms with E-state index in [1.165, 1.54) is 18.4 Å². The van der Waals surface area contributed by atoms with Crippen molar-refractivity contribution < 1.29 is 8.42 Å². The SMILES string of the molecule is Cn1cc(S(=O)(=O)N2CCN(c3ccc(C4CC4)nn3)CC2)c(=O)n(C)c1=O. The number of rotatable bonds is 4. The first-order valence-corrected chi connectivity index (χ1v) is 10.6. The maximum absolute atomic E-state index is 12.9. The summed E-state index contributed by atoms with van der Waals surface area (Å²) in [7, 11) is -1.30. The van der Waals surface area contributed by atoms with E-state index >= 15 is 0 Å². The van der Waals surface area contributed by atoms with E-state index in [1.807, 2.05) is 17.0 Å². The summed E-state index contributed by atoms with van der Waals surface area (Å²) in [6, 6.07) is 3.91. The summed E-state index contributed by atoms with van der Waals surface area (Å²) >= 11 is 0. The van der Waals surface area contributed by atoms with Crippen LogP contribution in [-0.4, -0.2) is 58.2 Å². The molecule has 3 heterocycles. The smallest absolute Gasteiger partial charge is 0.330 e. The minimum Gasteiger partial charge on any atom is -0.352 e. The van der Waals surface area contributed by atoms with Crippen LogP contribution in [-0.2, 0) is 24.1 Å². The van der Waals surface area contributed by atoms with Crippen molar-refractivity contribution in [1.82, 2.24) is 23.6 Å². The van der Waals surface area contributed by atoms with E-state index in [0.717, 1.165) is 39.7 Å². The average Bonchev–Trinajstić information content (AvgIpc) is 3.54. The summed E-state index contributed by atoms with van der Waals surface area (Å²) in [6.07, 6.45) is 3.42. The first-order valence-electron chi connectivity index (χ1n) is 9.14. The lowest BCUT2D eigenvalue weighted by molar-refractivity contribution is 0.382. The van der Waals surface area contributed by atoms with Crippen molar-refractivity contribution in [1.29, 1.82) is 0 Å². The number of aryl methyl sites for hydroxylation is 1. The molecule has 1 aliphatic heterocycles. The number of nitrogens with zero attached hydrogens (tertiary/aromatic N) is 6. The third kappa shape index (κ3) is 3.24. The van der Waals surface area contributed by atoms with Gasteiger partial charge in [-0.05, 0) is 25.0 Å². The lowest BCUT2D eigenvalue weighted by atomic mass is 10.2. The third-order valence-electron chi connectivity index (χ3n) is 5.26. The van der Waals surface area contributed by atoms with E-state index in [4.69, 9.17) is 0 Å². The summed E-state index contributed by atoms with van der Waals surface area (Å²) in [5.41, 5.74) is -0.371. The van der Waals surface area contributed by atoms with Crippen LogP contribution in [0.15, 0.2) is 32.8 Å². The van der Waals surface area contributed by atoms with Crippen molar-refractivity contribution in [2.45, 2.75) is 23.7 Å². The summed E-state index contributed by atoms with van der Waals surface area (Å²) in [6.45, 7) is 1.34. The molecule has 1 aliphatic carbocycles. The maximum Gasteiger partial charge on any atom is 0.330 e. The Balaban J connectivity index is 1.51. The lowest BCUT2D eigenvalue weighted by Crippen LogP contribution is -2.50. The Morgan fingerprint density at radius 1 is 1.00 bits per heavy atom. The standard InChI is InChI=1S/C17H22N6O4S/c1-20-11-14(16(24)21(2)17(20)25)28(26,27)23-9-7-22(8-10-23)15-6-5-13(18-19-15)12-3-4-12/h5-6,11-12H,3-4,7-10H2,1-2H3. The van der Waals surface area contributed by atoms with Gasteiger partial charge in [0, 0.05) is 52.4 Å². The van der Waals surface area contributed by atoms with Gasteiger partial charge in [-0.25, -0.2) is 13.2 Å². The second-order valence-corrected chi connectivity index (χ2v) is 9.14. The summed E-state index contributed by atoms with van der Waals surface area (Å²) in [5, 5.41) is 8.54. The van der Waals surface area contributed by atoms with Gasteiger partial charge < -0.3 is 9.47 Å². The van der Waals surface area contributed by atoms with E-state index in [1.54, 1.807) is 0 Å². The van der Waals surface area contributed by atoms with Crippen LogP contribution in [0, 0.1) is 0 Å². The number of hydrogen-bond donors (Lipinski definition) is 0. The van der Waals surface area contributed by atoms with Crippen LogP contribution in [0.5, 0.6) is 0 Å². The average molecular weight is 406 g/mol. The van der Waals surface area contributed by atoms with Gasteiger partial charge in [0.2, 0.25) is 10.0 Å². The number of aromatic nitrogens is 4. The van der Waals surface area contributed by atoms with Crippen LogP contribution in [0.4, 0.5) is 5.82 Å². The largest absolute Gasteiger partial charge is 0.352 e.